The molecule has 1 aliphatic rings. The molecule has 0 N–H and O–H groups in total. The van der Waals surface area contributed by atoms with Gasteiger partial charge in [0.05, 0.1) is 16.8 Å². The third kappa shape index (κ3) is 4.47. The molecule has 208 valence electrons. The summed E-state index contributed by atoms with van der Waals surface area (Å²) in [6.45, 7) is 0. The van der Waals surface area contributed by atoms with Crippen molar-refractivity contribution in [1.82, 2.24) is 4.98 Å². The fourth-order valence-corrected chi connectivity index (χ4v) is 7.77. The Morgan fingerprint density at radius 1 is 0.364 bits per heavy atom. The van der Waals surface area contributed by atoms with Gasteiger partial charge in [-0.15, -0.1) is 0 Å². The van der Waals surface area contributed by atoms with Crippen molar-refractivity contribution >= 4 is 11.8 Å². The van der Waals surface area contributed by atoms with Crippen LogP contribution in [0.1, 0.15) is 22.3 Å². The second kappa shape index (κ2) is 11.1. The van der Waals surface area contributed by atoms with Crippen LogP contribution in [0.4, 0.5) is 0 Å². The number of aromatic nitrogens is 1. The van der Waals surface area contributed by atoms with Gasteiger partial charge in [-0.1, -0.05) is 157 Å². The van der Waals surface area contributed by atoms with Crippen molar-refractivity contribution in [1.29, 1.82) is 0 Å². The van der Waals surface area contributed by atoms with E-state index in [1.807, 2.05) is 11.8 Å². The Morgan fingerprint density at radius 2 is 0.864 bits per heavy atom. The quantitative estimate of drug-likeness (QED) is 0.201. The Hall–Kier alpha value is -5.18. The first-order valence-electron chi connectivity index (χ1n) is 15.0. The van der Waals surface area contributed by atoms with Crippen LogP contribution in [-0.4, -0.2) is 4.98 Å². The topological polar surface area (TPSA) is 12.9 Å². The van der Waals surface area contributed by atoms with Gasteiger partial charge in [0.1, 0.15) is 0 Å². The Bertz CT molecular complexity index is 1970. The van der Waals surface area contributed by atoms with Crippen molar-refractivity contribution in [2.75, 3.05) is 0 Å². The van der Waals surface area contributed by atoms with Crippen LogP contribution in [0, 0.1) is 0 Å². The first-order chi connectivity index (χ1) is 21.8. The van der Waals surface area contributed by atoms with Crippen LogP contribution in [0.2, 0.25) is 0 Å². The lowest BCUT2D eigenvalue weighted by Crippen LogP contribution is -2.34. The number of pyridine rings is 1. The molecule has 0 saturated carbocycles. The Kier molecular flexibility index (Phi) is 6.70. The van der Waals surface area contributed by atoms with Crippen LogP contribution in [-0.2, 0) is 5.41 Å². The molecule has 0 saturated heterocycles. The number of hydrogen-bond donors (Lipinski definition) is 0. The molecular formula is C42H29NS. The predicted octanol–water partition coefficient (Wildman–Crippen LogP) is 10.9. The minimum absolute atomic E-state index is 0.477. The fourth-order valence-electron chi connectivity index (χ4n) is 6.60. The molecule has 0 radical (unpaired) electrons. The number of nitrogens with zero attached hydrogens (tertiary/aromatic N) is 1. The van der Waals surface area contributed by atoms with Crippen LogP contribution in [0.25, 0.3) is 33.6 Å². The second-order valence-electron chi connectivity index (χ2n) is 11.1. The number of fused-ring (bicyclic) bond motifs is 2. The van der Waals surface area contributed by atoms with Gasteiger partial charge in [-0.05, 0) is 63.7 Å². The molecule has 1 nitrogen and oxygen atoms in total. The Labute approximate surface area is 262 Å². The van der Waals surface area contributed by atoms with E-state index in [0.717, 1.165) is 28.1 Å². The van der Waals surface area contributed by atoms with Crippen LogP contribution in [0.3, 0.4) is 0 Å². The van der Waals surface area contributed by atoms with E-state index in [0.29, 0.717) is 0 Å². The van der Waals surface area contributed by atoms with Gasteiger partial charge in [0.15, 0.2) is 0 Å². The molecule has 0 fully saturated rings. The van der Waals surface area contributed by atoms with Crippen LogP contribution in [0.5, 0.6) is 0 Å². The molecule has 0 amide bonds. The molecule has 2 heterocycles. The van der Waals surface area contributed by atoms with Crippen LogP contribution in [0.15, 0.2) is 186 Å². The minimum atomic E-state index is -0.477. The zero-order valence-electron chi connectivity index (χ0n) is 24.1. The summed E-state index contributed by atoms with van der Waals surface area (Å²) in [4.78, 5) is 7.83. The molecule has 44 heavy (non-hydrogen) atoms. The molecule has 1 aliphatic heterocycles. The summed E-state index contributed by atoms with van der Waals surface area (Å²) in [5.74, 6) is 0. The van der Waals surface area contributed by atoms with Gasteiger partial charge in [0.25, 0.3) is 0 Å². The van der Waals surface area contributed by atoms with E-state index in [-0.39, 0.29) is 0 Å². The van der Waals surface area contributed by atoms with Crippen molar-refractivity contribution in [3.63, 3.8) is 0 Å². The largest absolute Gasteiger partial charge is 0.248 e. The maximum Gasteiger partial charge on any atom is 0.0723 e. The lowest BCUT2D eigenvalue weighted by molar-refractivity contribution is 0.703. The summed E-state index contributed by atoms with van der Waals surface area (Å²) < 4.78 is 0. The molecule has 0 aliphatic carbocycles. The van der Waals surface area contributed by atoms with Gasteiger partial charge < -0.3 is 0 Å². The monoisotopic (exact) mass is 579 g/mol. The van der Waals surface area contributed by atoms with Gasteiger partial charge >= 0.3 is 0 Å². The van der Waals surface area contributed by atoms with E-state index in [2.05, 4.69) is 176 Å². The highest BCUT2D eigenvalue weighted by atomic mass is 32.2. The zero-order valence-corrected chi connectivity index (χ0v) is 24.9. The number of hydrogen-bond acceptors (Lipinski definition) is 2. The highest BCUT2D eigenvalue weighted by molar-refractivity contribution is 7.99. The number of rotatable bonds is 5. The first kappa shape index (κ1) is 26.4. The summed E-state index contributed by atoms with van der Waals surface area (Å²) in [7, 11) is 0. The van der Waals surface area contributed by atoms with Crippen molar-refractivity contribution in [3.8, 4) is 33.6 Å². The summed E-state index contributed by atoms with van der Waals surface area (Å²) in [5, 5.41) is 0. The smallest absolute Gasteiger partial charge is 0.0723 e. The molecule has 8 rings (SSSR count). The summed E-state index contributed by atoms with van der Waals surface area (Å²) in [6.07, 6.45) is 0. The summed E-state index contributed by atoms with van der Waals surface area (Å²) >= 11 is 1.86. The Balaban J connectivity index is 1.41. The molecule has 6 aromatic carbocycles. The lowest BCUT2D eigenvalue weighted by atomic mass is 9.64. The van der Waals surface area contributed by atoms with E-state index in [4.69, 9.17) is 4.98 Å². The SMILES string of the molecule is c1ccc(-c2cc(-c3ccccc3)nc(-c3ccc4c(c3)C(c3ccccc3)(c3ccccc3)c3ccccc3S4)c2)cc1. The molecule has 1 aromatic heterocycles. The van der Waals surface area contributed by atoms with Gasteiger partial charge in [-0.3, -0.25) is 0 Å². The zero-order chi connectivity index (χ0) is 29.3. The number of benzene rings is 6. The second-order valence-corrected chi connectivity index (χ2v) is 12.2. The highest BCUT2D eigenvalue weighted by Gasteiger charge is 2.44. The minimum Gasteiger partial charge on any atom is -0.248 e. The van der Waals surface area contributed by atoms with Crippen LogP contribution < -0.4 is 0 Å². The third-order valence-corrected chi connectivity index (χ3v) is 9.76. The predicted molar refractivity (Wildman–Crippen MR) is 183 cm³/mol. The van der Waals surface area contributed by atoms with E-state index >= 15 is 0 Å². The van der Waals surface area contributed by atoms with Crippen molar-refractivity contribution in [2.24, 2.45) is 0 Å². The van der Waals surface area contributed by atoms with Gasteiger partial charge in [0.2, 0.25) is 0 Å². The summed E-state index contributed by atoms with van der Waals surface area (Å²) in [5.41, 5.74) is 11.1. The van der Waals surface area contributed by atoms with Gasteiger partial charge in [-0.2, -0.15) is 0 Å². The summed E-state index contributed by atoms with van der Waals surface area (Å²) in [6, 6.07) is 63.3. The lowest BCUT2D eigenvalue weighted by Gasteiger charge is -2.42. The van der Waals surface area contributed by atoms with E-state index in [9.17, 15) is 0 Å². The molecule has 0 unspecified atom stereocenters. The third-order valence-electron chi connectivity index (χ3n) is 8.61. The molecule has 7 aromatic rings. The fraction of sp³-hybridized carbons (Fsp3) is 0.0238. The van der Waals surface area contributed by atoms with Gasteiger partial charge in [0, 0.05) is 20.9 Å². The Morgan fingerprint density at radius 3 is 1.50 bits per heavy atom. The highest BCUT2D eigenvalue weighted by Crippen LogP contribution is 2.56. The maximum atomic E-state index is 5.28. The van der Waals surface area contributed by atoms with E-state index in [1.165, 1.54) is 37.6 Å². The van der Waals surface area contributed by atoms with Crippen molar-refractivity contribution < 1.29 is 0 Å². The van der Waals surface area contributed by atoms with Crippen molar-refractivity contribution in [3.05, 3.63) is 198 Å². The average molecular weight is 580 g/mol. The van der Waals surface area contributed by atoms with Crippen molar-refractivity contribution in [2.45, 2.75) is 15.2 Å². The molecule has 0 spiro atoms. The standard InChI is InChI=1S/C42H29NS/c1-5-15-30(16-6-1)33-28-38(31-17-7-2-8-18-31)43-39(29-33)32-25-26-41-37(27-32)42(34-19-9-3-10-20-34,35-21-11-4-12-22-35)36-23-13-14-24-40(36)44-41/h1-29H. The van der Waals surface area contributed by atoms with E-state index in [1.54, 1.807) is 0 Å². The maximum absolute atomic E-state index is 5.28. The van der Waals surface area contributed by atoms with E-state index < -0.39 is 5.41 Å². The molecule has 0 atom stereocenters. The van der Waals surface area contributed by atoms with Gasteiger partial charge in [-0.25, -0.2) is 4.98 Å². The first-order valence-corrected chi connectivity index (χ1v) is 15.8. The molecule has 2 heteroatoms. The average Bonchev–Trinajstić information content (AvgIpc) is 3.12. The molecular weight excluding hydrogens is 551 g/mol. The molecule has 0 bridgehead atoms. The normalized spacial score (nSPS) is 13.1. The van der Waals surface area contributed by atoms with Crippen LogP contribution >= 0.6 is 11.8 Å².